The van der Waals surface area contributed by atoms with Gasteiger partial charge in [0.2, 0.25) is 0 Å². The number of hydrogen-bond donors (Lipinski definition) is 2. The maximum absolute atomic E-state index is 11.3. The first-order valence-corrected chi connectivity index (χ1v) is 8.11. The average molecular weight is 395 g/mol. The van der Waals surface area contributed by atoms with Crippen molar-refractivity contribution in [1.82, 2.24) is 5.32 Å². The minimum absolute atomic E-state index is 0.0595. The number of fused-ring (bicyclic) bond motifs is 1. The molecule has 1 unspecified atom stereocenters. The molecule has 0 saturated carbocycles. The van der Waals surface area contributed by atoms with E-state index in [4.69, 9.17) is 4.74 Å². The number of aliphatic hydroxyl groups is 1. The second-order valence-electron chi connectivity index (χ2n) is 5.91. The molecule has 0 bridgehead atoms. The van der Waals surface area contributed by atoms with Crippen LogP contribution in [0.25, 0.3) is 0 Å². The van der Waals surface area contributed by atoms with Crippen molar-refractivity contribution < 1.29 is 14.6 Å². The van der Waals surface area contributed by atoms with Crippen LogP contribution in [0, 0.1) is 0 Å². The Hall–Kier alpha value is -0.991. The van der Waals surface area contributed by atoms with E-state index in [0.29, 0.717) is 23.0 Å². The van der Waals surface area contributed by atoms with Crippen molar-refractivity contribution >= 4 is 32.1 Å². The number of carbonyl (C=O) groups is 1. The Morgan fingerprint density at radius 1 is 1.38 bits per heavy atom. The molecule has 0 aromatic heterocycles. The number of aliphatic hydroxyl groups excluding tert-OH is 1. The van der Waals surface area contributed by atoms with E-state index < -0.39 is 12.1 Å². The van der Waals surface area contributed by atoms with E-state index in [-0.39, 0.29) is 12.1 Å². The maximum atomic E-state index is 11.3. The van der Waals surface area contributed by atoms with Crippen LogP contribution in [0.15, 0.2) is 22.1 Å². The molecule has 21 heavy (non-hydrogen) atoms. The van der Waals surface area contributed by atoms with Gasteiger partial charge in [0.1, 0.15) is 0 Å². The molecule has 1 atom stereocenters. The number of amides is 2. The third-order valence-corrected chi connectivity index (χ3v) is 3.95. The Morgan fingerprint density at radius 2 is 2.10 bits per heavy atom. The Morgan fingerprint density at radius 3 is 2.76 bits per heavy atom. The zero-order chi connectivity index (χ0) is 15.6. The number of nitrogens with zero attached hydrogens (tertiary/aromatic N) is 2. The fourth-order valence-electron chi connectivity index (χ4n) is 1.79. The van der Waals surface area contributed by atoms with Crippen molar-refractivity contribution in [1.29, 1.82) is 0 Å². The van der Waals surface area contributed by atoms with Crippen LogP contribution in [-0.2, 0) is 0 Å². The monoisotopic (exact) mass is 396 g/mol. The van der Waals surface area contributed by atoms with Gasteiger partial charge in [-0.1, -0.05) is 0 Å². The molecule has 2 rings (SSSR count). The van der Waals surface area contributed by atoms with Gasteiger partial charge in [0.15, 0.2) is 0 Å². The van der Waals surface area contributed by atoms with Crippen LogP contribution in [0.2, 0.25) is 0 Å². The molecule has 111 valence electrons. The molecule has 1 aromatic carbocycles. The summed E-state index contributed by atoms with van der Waals surface area (Å²) in [5.41, 5.74) is -0.0595. The summed E-state index contributed by atoms with van der Waals surface area (Å²) >= 11 is 1.16. The van der Waals surface area contributed by atoms with Crippen LogP contribution in [-0.4, -0.2) is 58.5 Å². The Balaban J connectivity index is 2.06. The van der Waals surface area contributed by atoms with Crippen molar-refractivity contribution in [2.24, 2.45) is 9.98 Å². The molecule has 0 fully saturated rings. The molecule has 2 N–H and O–H groups in total. The van der Waals surface area contributed by atoms with E-state index in [2.05, 4.69) is 15.3 Å². The summed E-state index contributed by atoms with van der Waals surface area (Å²) in [6.07, 6.45) is -0.635. The van der Waals surface area contributed by atoms with Gasteiger partial charge in [-0.05, 0) is 0 Å². The predicted octanol–water partition coefficient (Wildman–Crippen LogP) is -1.02. The van der Waals surface area contributed by atoms with Gasteiger partial charge in [-0.25, -0.2) is 0 Å². The fraction of sp³-hybridized carbons (Fsp3) is 0.500. The molecule has 6 nitrogen and oxygen atoms in total. The number of ether oxygens (including phenoxy) is 1. The number of carbonyl (C=O) groups excluding carboxylic acids is 1. The molecule has 0 aliphatic carbocycles. The Labute approximate surface area is 136 Å². The van der Waals surface area contributed by atoms with Gasteiger partial charge >= 0.3 is 136 Å². The average Bonchev–Trinajstić information content (AvgIpc) is 2.75. The molecule has 0 spiro atoms. The molecule has 1 aromatic rings. The molecule has 2 amide bonds. The van der Waals surface area contributed by atoms with E-state index >= 15 is 0 Å². The van der Waals surface area contributed by atoms with Gasteiger partial charge in [-0.2, -0.15) is 0 Å². The van der Waals surface area contributed by atoms with Crippen LogP contribution in [0.4, 0.5) is 4.79 Å². The first-order chi connectivity index (χ1) is 9.76. The van der Waals surface area contributed by atoms with E-state index in [1.54, 1.807) is 6.07 Å². The van der Waals surface area contributed by atoms with Crippen molar-refractivity contribution in [2.45, 2.75) is 32.4 Å². The molecule has 1 aliphatic heterocycles. The molecule has 7 heteroatoms. The first kappa shape index (κ1) is 16.4. The summed E-state index contributed by atoms with van der Waals surface area (Å²) in [5.74, 6) is 0.551. The van der Waals surface area contributed by atoms with E-state index in [0.717, 1.165) is 26.1 Å². The summed E-state index contributed by atoms with van der Waals surface area (Å²) in [7, 11) is 0. The van der Waals surface area contributed by atoms with Gasteiger partial charge in [0.05, 0.1) is 0 Å². The van der Waals surface area contributed by atoms with Crippen LogP contribution in [0.5, 0.6) is 5.75 Å². The Kier molecular flexibility index (Phi) is 5.00. The normalized spacial score (nSPS) is 15.2. The van der Waals surface area contributed by atoms with Crippen LogP contribution in [0.3, 0.4) is 0 Å². The predicted molar refractivity (Wildman–Crippen MR) is 78.8 cm³/mol. The summed E-state index contributed by atoms with van der Waals surface area (Å²) in [6.45, 7) is 6.68. The van der Waals surface area contributed by atoms with Gasteiger partial charge < -0.3 is 0 Å². The zero-order valence-electron chi connectivity index (χ0n) is 12.3. The molecular formula is C14H18N3O3Sn. The number of urea groups is 1. The summed E-state index contributed by atoms with van der Waals surface area (Å²) in [6, 6.07) is 3.12. The van der Waals surface area contributed by atoms with E-state index in [9.17, 15) is 9.90 Å². The molecule has 1 aliphatic rings. The van der Waals surface area contributed by atoms with E-state index in [1.807, 2.05) is 26.8 Å². The van der Waals surface area contributed by atoms with Crippen LogP contribution < -0.4 is 24.3 Å². The molecule has 3 radical (unpaired) electrons. The zero-order valence-corrected chi connectivity index (χ0v) is 15.2. The van der Waals surface area contributed by atoms with Crippen LogP contribution in [0.1, 0.15) is 20.8 Å². The fourth-order valence-corrected chi connectivity index (χ4v) is 2.57. The molecular weight excluding hydrogens is 377 g/mol. The van der Waals surface area contributed by atoms with Gasteiger partial charge in [-0.3, -0.25) is 0 Å². The second kappa shape index (κ2) is 6.41. The number of nitrogens with one attached hydrogen (secondary N) is 1. The van der Waals surface area contributed by atoms with Crippen molar-refractivity contribution in [3.8, 4) is 5.75 Å². The van der Waals surface area contributed by atoms with Crippen molar-refractivity contribution in [2.75, 3.05) is 13.2 Å². The van der Waals surface area contributed by atoms with Gasteiger partial charge in [0.25, 0.3) is 0 Å². The van der Waals surface area contributed by atoms with Crippen molar-refractivity contribution in [3.05, 3.63) is 22.8 Å². The third kappa shape index (κ3) is 4.49. The van der Waals surface area contributed by atoms with E-state index in [1.165, 1.54) is 0 Å². The number of β-amino-alcohol motifs (C(OH)–C–C–N with tert-alkyl or cyclic N) is 1. The number of rotatable bonds is 5. The van der Waals surface area contributed by atoms with Crippen LogP contribution >= 0.6 is 0 Å². The molecule has 0 saturated heterocycles. The third-order valence-electron chi connectivity index (χ3n) is 2.82. The molecule has 1 heterocycles. The quantitative estimate of drug-likeness (QED) is 0.626. The SMILES string of the molecule is CC(C)(C)NCC(O)COc1[c]([Sn])ccc2c1=NC(=O)N=2. The Bertz CT molecular complexity index is 667. The summed E-state index contributed by atoms with van der Waals surface area (Å²) < 4.78 is 6.63. The number of hydrogen-bond acceptors (Lipinski definition) is 4. The number of benzene rings is 1. The summed E-state index contributed by atoms with van der Waals surface area (Å²) in [4.78, 5) is 18.9. The topological polar surface area (TPSA) is 83.3 Å². The first-order valence-electron chi connectivity index (χ1n) is 6.68. The van der Waals surface area contributed by atoms with Gasteiger partial charge in [-0.15, -0.1) is 0 Å². The minimum atomic E-state index is -0.635. The standard InChI is InChI=1S/C14H18N3O3.Sn/c1-14(2,3)15-7-9(18)8-20-11-6-4-5-10-12(11)17-13(19)16-10;/h4-5,9,15,18H,7-8H2,1-3H3;. The van der Waals surface area contributed by atoms with Gasteiger partial charge in [0, 0.05) is 0 Å². The second-order valence-corrected chi connectivity index (χ2v) is 7.45. The summed E-state index contributed by atoms with van der Waals surface area (Å²) in [5, 5.41) is 14.2. The van der Waals surface area contributed by atoms with Crippen molar-refractivity contribution in [3.63, 3.8) is 0 Å².